The third kappa shape index (κ3) is 2.47. The maximum Gasteiger partial charge on any atom is 0.352 e. The summed E-state index contributed by atoms with van der Waals surface area (Å²) in [6.07, 6.45) is -0.200. The van der Waals surface area contributed by atoms with Gasteiger partial charge in [0.25, 0.3) is 0 Å². The number of nitrogens with one attached hydrogen (secondary N) is 2. The van der Waals surface area contributed by atoms with Crippen LogP contribution in [0.2, 0.25) is 0 Å². The summed E-state index contributed by atoms with van der Waals surface area (Å²) in [4.78, 5) is 13.6. The van der Waals surface area contributed by atoms with Gasteiger partial charge in [0.05, 0.1) is 6.10 Å². The van der Waals surface area contributed by atoms with E-state index >= 15 is 0 Å². The number of H-pyrrole nitrogens is 1. The molecule has 1 fully saturated rings. The molecule has 8 heteroatoms. The number of aromatic carboxylic acids is 1. The predicted molar refractivity (Wildman–Crippen MR) is 75.7 cm³/mol. The first-order valence-corrected chi connectivity index (χ1v) is 8.09. The van der Waals surface area contributed by atoms with E-state index in [4.69, 9.17) is 5.11 Å². The molecule has 0 saturated heterocycles. The van der Waals surface area contributed by atoms with Crippen LogP contribution in [0.1, 0.15) is 42.0 Å². The summed E-state index contributed by atoms with van der Waals surface area (Å²) in [6, 6.07) is -0.375. The SMILES string of the molecule is Cc1[nH]c(C(=O)O)c(C)c1S(=O)(=O)NC1CC(O)C1(C)C. The zero-order valence-electron chi connectivity index (χ0n) is 12.4. The summed E-state index contributed by atoms with van der Waals surface area (Å²) in [7, 11) is -3.84. The molecule has 4 N–H and O–H groups in total. The molecule has 2 atom stereocenters. The normalized spacial score (nSPS) is 24.6. The number of carboxylic acid groups (broad SMARTS) is 1. The van der Waals surface area contributed by atoms with Gasteiger partial charge in [0.2, 0.25) is 10.0 Å². The van der Waals surface area contributed by atoms with Crippen LogP contribution < -0.4 is 4.72 Å². The number of aliphatic hydroxyl groups is 1. The van der Waals surface area contributed by atoms with Crippen molar-refractivity contribution in [3.63, 3.8) is 0 Å². The van der Waals surface area contributed by atoms with Crippen LogP contribution in [0, 0.1) is 19.3 Å². The number of rotatable bonds is 4. The lowest BCUT2D eigenvalue weighted by atomic mass is 9.65. The lowest BCUT2D eigenvalue weighted by molar-refractivity contribution is -0.0645. The molecule has 1 aromatic heterocycles. The van der Waals surface area contributed by atoms with Crippen molar-refractivity contribution in [3.8, 4) is 0 Å². The second kappa shape index (κ2) is 4.82. The average molecular weight is 316 g/mol. The van der Waals surface area contributed by atoms with E-state index in [2.05, 4.69) is 9.71 Å². The fourth-order valence-corrected chi connectivity index (χ4v) is 4.55. The van der Waals surface area contributed by atoms with Gasteiger partial charge in [-0.3, -0.25) is 0 Å². The van der Waals surface area contributed by atoms with Gasteiger partial charge in [0, 0.05) is 22.7 Å². The molecule has 0 spiro atoms. The van der Waals surface area contributed by atoms with E-state index in [1.54, 1.807) is 13.8 Å². The largest absolute Gasteiger partial charge is 0.477 e. The first-order valence-electron chi connectivity index (χ1n) is 6.61. The molecule has 0 aliphatic heterocycles. The molecule has 1 aliphatic rings. The highest BCUT2D eigenvalue weighted by Crippen LogP contribution is 2.41. The number of carbonyl (C=O) groups is 1. The van der Waals surface area contributed by atoms with Crippen molar-refractivity contribution in [2.75, 3.05) is 0 Å². The Hall–Kier alpha value is -1.38. The Balaban J connectivity index is 2.36. The molecule has 1 aromatic rings. The van der Waals surface area contributed by atoms with E-state index in [9.17, 15) is 18.3 Å². The van der Waals surface area contributed by atoms with Crippen LogP contribution in [0.15, 0.2) is 4.90 Å². The van der Waals surface area contributed by atoms with Gasteiger partial charge >= 0.3 is 5.97 Å². The number of hydrogen-bond acceptors (Lipinski definition) is 4. The number of hydrogen-bond donors (Lipinski definition) is 4. The van der Waals surface area contributed by atoms with Crippen molar-refractivity contribution >= 4 is 16.0 Å². The Labute approximate surface area is 123 Å². The molecule has 1 heterocycles. The molecule has 0 amide bonds. The minimum absolute atomic E-state index is 0.0305. The summed E-state index contributed by atoms with van der Waals surface area (Å²) >= 11 is 0. The highest BCUT2D eigenvalue weighted by Gasteiger charge is 2.49. The fourth-order valence-electron chi connectivity index (χ4n) is 2.70. The Kier molecular flexibility index (Phi) is 3.67. The highest BCUT2D eigenvalue weighted by molar-refractivity contribution is 7.89. The first-order chi connectivity index (χ1) is 9.48. The minimum atomic E-state index is -3.84. The lowest BCUT2D eigenvalue weighted by Crippen LogP contribution is -2.61. The molecule has 7 nitrogen and oxygen atoms in total. The van der Waals surface area contributed by atoms with Crippen LogP contribution in [-0.2, 0) is 10.0 Å². The van der Waals surface area contributed by atoms with E-state index in [-0.39, 0.29) is 27.9 Å². The van der Waals surface area contributed by atoms with E-state index < -0.39 is 27.5 Å². The van der Waals surface area contributed by atoms with E-state index in [1.807, 2.05) is 0 Å². The second-order valence-corrected chi connectivity index (χ2v) is 7.78. The smallest absolute Gasteiger partial charge is 0.352 e. The number of sulfonamides is 1. The molecule has 0 bridgehead atoms. The number of aromatic amines is 1. The van der Waals surface area contributed by atoms with Gasteiger partial charge in [-0.15, -0.1) is 0 Å². The topological polar surface area (TPSA) is 119 Å². The maximum atomic E-state index is 12.5. The second-order valence-electron chi connectivity index (χ2n) is 6.13. The Morgan fingerprint density at radius 2 is 1.95 bits per heavy atom. The number of aryl methyl sites for hydroxylation is 1. The molecule has 0 aromatic carbocycles. The Morgan fingerprint density at radius 3 is 2.33 bits per heavy atom. The lowest BCUT2D eigenvalue weighted by Gasteiger charge is -2.49. The molecular formula is C13H20N2O5S. The molecular weight excluding hydrogens is 296 g/mol. The predicted octanol–water partition coefficient (Wildman–Crippen LogP) is 0.767. The summed E-state index contributed by atoms with van der Waals surface area (Å²) in [5.74, 6) is -1.20. The zero-order chi connectivity index (χ0) is 16.2. The van der Waals surface area contributed by atoms with Crippen molar-refractivity contribution in [3.05, 3.63) is 17.0 Å². The summed E-state index contributed by atoms with van der Waals surface area (Å²) in [6.45, 7) is 6.55. The summed E-state index contributed by atoms with van der Waals surface area (Å²) in [5, 5.41) is 18.7. The molecule has 1 aliphatic carbocycles. The quantitative estimate of drug-likeness (QED) is 0.654. The molecule has 118 valence electrons. The molecule has 1 saturated carbocycles. The van der Waals surface area contributed by atoms with Crippen LogP contribution >= 0.6 is 0 Å². The van der Waals surface area contributed by atoms with Gasteiger partial charge < -0.3 is 15.2 Å². The number of aliphatic hydroxyl groups excluding tert-OH is 1. The van der Waals surface area contributed by atoms with Crippen molar-refractivity contribution in [1.82, 2.24) is 9.71 Å². The van der Waals surface area contributed by atoms with Crippen molar-refractivity contribution in [2.45, 2.75) is 51.2 Å². The van der Waals surface area contributed by atoms with Gasteiger partial charge in [0.1, 0.15) is 10.6 Å². The van der Waals surface area contributed by atoms with Gasteiger partial charge in [-0.2, -0.15) is 0 Å². The maximum absolute atomic E-state index is 12.5. The summed E-state index contributed by atoms with van der Waals surface area (Å²) in [5.41, 5.74) is -0.193. The molecule has 2 unspecified atom stereocenters. The number of carboxylic acids is 1. The Morgan fingerprint density at radius 1 is 1.38 bits per heavy atom. The number of aromatic nitrogens is 1. The van der Waals surface area contributed by atoms with Crippen molar-refractivity contribution < 1.29 is 23.4 Å². The van der Waals surface area contributed by atoms with Gasteiger partial charge in [-0.1, -0.05) is 13.8 Å². The monoisotopic (exact) mass is 316 g/mol. The van der Waals surface area contributed by atoms with Crippen LogP contribution in [0.3, 0.4) is 0 Å². The molecule has 21 heavy (non-hydrogen) atoms. The molecule has 2 rings (SSSR count). The van der Waals surface area contributed by atoms with Gasteiger partial charge in [-0.25, -0.2) is 17.9 Å². The van der Waals surface area contributed by atoms with Crippen LogP contribution in [0.4, 0.5) is 0 Å². The standard InChI is InChI=1S/C13H20N2O5S/c1-6-10(12(17)18)14-7(2)11(6)21(19,20)15-8-5-9(16)13(8,3)4/h8-9,14-16H,5H2,1-4H3,(H,17,18). The van der Waals surface area contributed by atoms with Crippen LogP contribution in [-0.4, -0.2) is 41.7 Å². The Bertz CT molecular complexity index is 690. The highest BCUT2D eigenvalue weighted by atomic mass is 32.2. The van der Waals surface area contributed by atoms with Crippen molar-refractivity contribution in [1.29, 1.82) is 0 Å². The third-order valence-corrected chi connectivity index (χ3v) is 6.11. The van der Waals surface area contributed by atoms with E-state index in [0.717, 1.165) is 0 Å². The third-order valence-electron chi connectivity index (χ3n) is 4.36. The fraction of sp³-hybridized carbons (Fsp3) is 0.615. The first kappa shape index (κ1) is 16.0. The van der Waals surface area contributed by atoms with Gasteiger partial charge in [0.15, 0.2) is 0 Å². The van der Waals surface area contributed by atoms with Crippen molar-refractivity contribution in [2.24, 2.45) is 5.41 Å². The van der Waals surface area contributed by atoms with Gasteiger partial charge in [-0.05, 0) is 20.3 Å². The zero-order valence-corrected chi connectivity index (χ0v) is 13.2. The van der Waals surface area contributed by atoms with Crippen LogP contribution in [0.5, 0.6) is 0 Å². The summed E-state index contributed by atoms with van der Waals surface area (Å²) < 4.78 is 27.6. The average Bonchev–Trinajstić information content (AvgIpc) is 2.65. The van der Waals surface area contributed by atoms with Crippen LogP contribution in [0.25, 0.3) is 0 Å². The minimum Gasteiger partial charge on any atom is -0.477 e. The van der Waals surface area contributed by atoms with E-state index in [0.29, 0.717) is 6.42 Å². The molecule has 0 radical (unpaired) electrons. The van der Waals surface area contributed by atoms with E-state index in [1.165, 1.54) is 13.8 Å².